The minimum atomic E-state index is -0.240. The van der Waals surface area contributed by atoms with E-state index in [0.717, 1.165) is 16.6 Å². The van der Waals surface area contributed by atoms with E-state index in [1.807, 2.05) is 31.2 Å². The molecule has 118 valence electrons. The molecule has 1 unspecified atom stereocenters. The number of ether oxygens (including phenoxy) is 1. The first-order valence-corrected chi connectivity index (χ1v) is 7.85. The number of carbonyl (C=O) groups excluding carboxylic acids is 1. The second-order valence-electron chi connectivity index (χ2n) is 5.03. The molecule has 0 aliphatic carbocycles. The van der Waals surface area contributed by atoms with Gasteiger partial charge in [-0.3, -0.25) is 4.79 Å². The first kappa shape index (κ1) is 16.6. The van der Waals surface area contributed by atoms with E-state index in [4.69, 9.17) is 14.9 Å². The second kappa shape index (κ2) is 8.00. The van der Waals surface area contributed by atoms with Crippen molar-refractivity contribution in [1.82, 2.24) is 5.32 Å². The Bertz CT molecular complexity index is 608. The smallest absolute Gasteiger partial charge is 0.286 e. The van der Waals surface area contributed by atoms with Crippen LogP contribution in [-0.2, 0) is 6.61 Å². The highest BCUT2D eigenvalue weighted by molar-refractivity contribution is 9.10. The maximum absolute atomic E-state index is 11.9. The number of rotatable bonds is 7. The van der Waals surface area contributed by atoms with E-state index in [1.54, 1.807) is 12.1 Å². The summed E-state index contributed by atoms with van der Waals surface area (Å²) in [6, 6.07) is 10.9. The van der Waals surface area contributed by atoms with Crippen LogP contribution in [0.2, 0.25) is 0 Å². The van der Waals surface area contributed by atoms with E-state index < -0.39 is 0 Å². The lowest BCUT2D eigenvalue weighted by Crippen LogP contribution is -2.28. The Labute approximate surface area is 138 Å². The normalized spacial score (nSPS) is 12.0. The maximum Gasteiger partial charge on any atom is 0.286 e. The number of hydrogen-bond donors (Lipinski definition) is 2. The largest absolute Gasteiger partial charge is 0.486 e. The fourth-order valence-corrected chi connectivity index (χ4v) is 2.03. The number of halogens is 1. The van der Waals surface area contributed by atoms with Crippen LogP contribution in [0, 0.1) is 0 Å². The maximum atomic E-state index is 11.9. The zero-order valence-corrected chi connectivity index (χ0v) is 13.9. The van der Waals surface area contributed by atoms with Crippen molar-refractivity contribution in [2.75, 3.05) is 6.54 Å². The second-order valence-corrected chi connectivity index (χ2v) is 5.95. The summed E-state index contributed by atoms with van der Waals surface area (Å²) >= 11 is 3.36. The highest BCUT2D eigenvalue weighted by Gasteiger charge is 2.11. The highest BCUT2D eigenvalue weighted by atomic mass is 79.9. The predicted molar refractivity (Wildman–Crippen MR) is 87.8 cm³/mol. The first-order valence-electron chi connectivity index (χ1n) is 7.05. The van der Waals surface area contributed by atoms with Crippen LogP contribution < -0.4 is 15.8 Å². The Morgan fingerprint density at radius 3 is 2.73 bits per heavy atom. The van der Waals surface area contributed by atoms with Crippen LogP contribution in [-0.4, -0.2) is 18.5 Å². The monoisotopic (exact) mass is 366 g/mol. The number of carbonyl (C=O) groups is 1. The lowest BCUT2D eigenvalue weighted by molar-refractivity contribution is 0.0921. The fraction of sp³-hybridized carbons (Fsp3) is 0.312. The summed E-state index contributed by atoms with van der Waals surface area (Å²) < 4.78 is 12.1. The van der Waals surface area contributed by atoms with Crippen molar-refractivity contribution in [3.05, 3.63) is 52.4 Å². The van der Waals surface area contributed by atoms with Crippen molar-refractivity contribution in [1.29, 1.82) is 0 Å². The number of amides is 1. The molecule has 0 spiro atoms. The van der Waals surface area contributed by atoms with E-state index in [0.29, 0.717) is 12.3 Å². The molecule has 0 aliphatic heterocycles. The first-order chi connectivity index (χ1) is 10.5. The topological polar surface area (TPSA) is 77.5 Å². The molecule has 0 fully saturated rings. The van der Waals surface area contributed by atoms with Crippen molar-refractivity contribution in [3.63, 3.8) is 0 Å². The van der Waals surface area contributed by atoms with Gasteiger partial charge in [-0.25, -0.2) is 0 Å². The number of hydrogen-bond acceptors (Lipinski definition) is 4. The average Bonchev–Trinajstić information content (AvgIpc) is 2.95. The Morgan fingerprint density at radius 1 is 1.32 bits per heavy atom. The van der Waals surface area contributed by atoms with Crippen LogP contribution in [0.3, 0.4) is 0 Å². The lowest BCUT2D eigenvalue weighted by Gasteiger charge is -2.06. The van der Waals surface area contributed by atoms with Crippen molar-refractivity contribution >= 4 is 21.8 Å². The zero-order chi connectivity index (χ0) is 15.9. The van der Waals surface area contributed by atoms with Crippen LogP contribution in [0.4, 0.5) is 0 Å². The predicted octanol–water partition coefficient (Wildman–Crippen LogP) is 3.09. The molecular weight excluding hydrogens is 348 g/mol. The Balaban J connectivity index is 1.83. The molecule has 0 aliphatic rings. The van der Waals surface area contributed by atoms with Gasteiger partial charge in [0.2, 0.25) is 0 Å². The van der Waals surface area contributed by atoms with Gasteiger partial charge in [-0.05, 0) is 49.7 Å². The summed E-state index contributed by atoms with van der Waals surface area (Å²) in [6.07, 6.45) is 0.728. The Hall–Kier alpha value is -1.79. The molecule has 1 amide bonds. The van der Waals surface area contributed by atoms with Gasteiger partial charge in [-0.1, -0.05) is 15.9 Å². The minimum Gasteiger partial charge on any atom is -0.486 e. The third-order valence-corrected chi connectivity index (χ3v) is 3.49. The summed E-state index contributed by atoms with van der Waals surface area (Å²) in [6.45, 7) is 2.70. The average molecular weight is 367 g/mol. The quantitative estimate of drug-likeness (QED) is 0.789. The molecule has 5 nitrogen and oxygen atoms in total. The summed E-state index contributed by atoms with van der Waals surface area (Å²) in [7, 11) is 0. The molecule has 1 heterocycles. The van der Waals surface area contributed by atoms with Gasteiger partial charge >= 0.3 is 0 Å². The van der Waals surface area contributed by atoms with E-state index in [9.17, 15) is 4.79 Å². The van der Waals surface area contributed by atoms with Gasteiger partial charge in [-0.15, -0.1) is 0 Å². The van der Waals surface area contributed by atoms with Gasteiger partial charge in [0, 0.05) is 17.1 Å². The third kappa shape index (κ3) is 5.20. The SMILES string of the molecule is CC(N)CCNC(=O)c1ccc(COc2ccc(Br)cc2)o1. The lowest BCUT2D eigenvalue weighted by atomic mass is 10.2. The van der Waals surface area contributed by atoms with Crippen LogP contribution >= 0.6 is 15.9 Å². The molecule has 0 saturated carbocycles. The number of nitrogens with one attached hydrogen (secondary N) is 1. The molecule has 1 atom stereocenters. The number of furan rings is 1. The molecular formula is C16H19BrN2O3. The molecule has 0 bridgehead atoms. The standard InChI is InChI=1S/C16H19BrN2O3/c1-11(18)8-9-19-16(20)15-7-6-14(22-15)10-21-13-4-2-12(17)3-5-13/h2-7,11H,8-10,18H2,1H3,(H,19,20). The number of benzene rings is 1. The summed E-state index contributed by atoms with van der Waals surface area (Å²) in [5, 5.41) is 2.76. The minimum absolute atomic E-state index is 0.0618. The van der Waals surface area contributed by atoms with Gasteiger partial charge in [-0.2, -0.15) is 0 Å². The summed E-state index contributed by atoms with van der Waals surface area (Å²) in [5.41, 5.74) is 5.63. The zero-order valence-electron chi connectivity index (χ0n) is 12.3. The molecule has 2 rings (SSSR count). The number of nitrogens with two attached hydrogens (primary N) is 1. The van der Waals surface area contributed by atoms with Crippen molar-refractivity contribution in [2.45, 2.75) is 26.0 Å². The molecule has 0 saturated heterocycles. The van der Waals surface area contributed by atoms with Crippen LogP contribution in [0.1, 0.15) is 29.7 Å². The van der Waals surface area contributed by atoms with Crippen LogP contribution in [0.5, 0.6) is 5.75 Å². The van der Waals surface area contributed by atoms with Crippen LogP contribution in [0.25, 0.3) is 0 Å². The fourth-order valence-electron chi connectivity index (χ4n) is 1.76. The van der Waals surface area contributed by atoms with Crippen molar-refractivity contribution in [2.24, 2.45) is 5.73 Å². The van der Waals surface area contributed by atoms with E-state index in [2.05, 4.69) is 21.2 Å². The summed E-state index contributed by atoms with van der Waals surface area (Å²) in [5.74, 6) is 1.37. The third-order valence-electron chi connectivity index (χ3n) is 2.97. The summed E-state index contributed by atoms with van der Waals surface area (Å²) in [4.78, 5) is 11.9. The van der Waals surface area contributed by atoms with Crippen LogP contribution in [0.15, 0.2) is 45.3 Å². The molecule has 22 heavy (non-hydrogen) atoms. The van der Waals surface area contributed by atoms with E-state index in [-0.39, 0.29) is 24.3 Å². The van der Waals surface area contributed by atoms with Gasteiger partial charge in [0.05, 0.1) is 0 Å². The van der Waals surface area contributed by atoms with Crippen molar-refractivity contribution in [3.8, 4) is 5.75 Å². The van der Waals surface area contributed by atoms with Gasteiger partial charge < -0.3 is 20.2 Å². The Morgan fingerprint density at radius 2 is 2.05 bits per heavy atom. The molecule has 1 aromatic heterocycles. The Kier molecular flexibility index (Phi) is 6.03. The molecule has 3 N–H and O–H groups in total. The van der Waals surface area contributed by atoms with E-state index in [1.165, 1.54) is 0 Å². The van der Waals surface area contributed by atoms with Crippen molar-refractivity contribution < 1.29 is 13.9 Å². The molecule has 6 heteroatoms. The molecule has 2 aromatic rings. The molecule has 1 aromatic carbocycles. The molecule has 0 radical (unpaired) electrons. The van der Waals surface area contributed by atoms with Gasteiger partial charge in [0.25, 0.3) is 5.91 Å². The van der Waals surface area contributed by atoms with E-state index >= 15 is 0 Å². The van der Waals surface area contributed by atoms with Gasteiger partial charge in [0.15, 0.2) is 5.76 Å². The van der Waals surface area contributed by atoms with Gasteiger partial charge in [0.1, 0.15) is 18.1 Å². The highest BCUT2D eigenvalue weighted by Crippen LogP contribution is 2.18.